The fraction of sp³-hybridized carbons (Fsp3) is 0.500. The first-order chi connectivity index (χ1) is 19.3. The van der Waals surface area contributed by atoms with E-state index in [4.69, 9.17) is 5.10 Å². The van der Waals surface area contributed by atoms with Crippen LogP contribution >= 0.6 is 0 Å². The molecule has 214 valence electrons. The second-order valence-corrected chi connectivity index (χ2v) is 10.8. The third kappa shape index (κ3) is 6.13. The maximum absolute atomic E-state index is 13.8. The molecule has 2 aromatic carbocycles. The minimum Gasteiger partial charge on any atom is -0.353 e. The lowest BCUT2D eigenvalue weighted by atomic mass is 10.1. The van der Waals surface area contributed by atoms with Crippen molar-refractivity contribution in [3.8, 4) is 0 Å². The number of hydrogen-bond donors (Lipinski definition) is 2. The summed E-state index contributed by atoms with van der Waals surface area (Å²) in [5.41, 5.74) is 5.91. The minimum atomic E-state index is -0.275. The number of rotatable bonds is 10. The average molecular weight is 550 g/mol. The van der Waals surface area contributed by atoms with Gasteiger partial charge in [-0.15, -0.1) is 0 Å². The Labute approximate surface area is 235 Å². The second-order valence-electron chi connectivity index (χ2n) is 10.8. The van der Waals surface area contributed by atoms with Crippen LogP contribution in [0.15, 0.2) is 30.3 Å². The van der Waals surface area contributed by atoms with E-state index in [1.54, 1.807) is 18.1 Å². The zero-order valence-electron chi connectivity index (χ0n) is 23.8. The van der Waals surface area contributed by atoms with Gasteiger partial charge in [0, 0.05) is 56.5 Å². The Kier molecular flexibility index (Phi) is 8.66. The number of benzene rings is 2. The maximum Gasteiger partial charge on any atom is 0.256 e. The topological polar surface area (TPSA) is 85.7 Å². The third-order valence-corrected chi connectivity index (χ3v) is 7.98. The number of aryl methyl sites for hydroxylation is 3. The number of carbonyl (C=O) groups excluding carboxylic acids is 2. The standard InChI is InChI=1S/C30H40FN7O2/c1-4-32-11-12-33-29(39)19-36(20-30(40)35(3)37-17-22-9-10-24(31)15-23(22)18-37)28-16-26-25(14-21(28)2)27-8-6-5-7-13-38(27)34-26/h9-10,14-16,32H,4-8,11-13,17-20H2,1-3H3,(H,33,39). The molecule has 0 fully saturated rings. The summed E-state index contributed by atoms with van der Waals surface area (Å²) in [5, 5.41) is 15.7. The Bertz CT molecular complexity index is 1390. The molecular weight excluding hydrogens is 509 g/mol. The van der Waals surface area contributed by atoms with Crippen LogP contribution in [-0.4, -0.2) is 71.4 Å². The molecule has 0 aliphatic carbocycles. The zero-order valence-corrected chi connectivity index (χ0v) is 23.8. The quantitative estimate of drug-likeness (QED) is 0.378. The van der Waals surface area contributed by atoms with Crippen LogP contribution in [-0.2, 0) is 35.6 Å². The lowest BCUT2D eigenvalue weighted by Gasteiger charge is -2.32. The van der Waals surface area contributed by atoms with Crippen LogP contribution in [0.4, 0.5) is 10.1 Å². The van der Waals surface area contributed by atoms with Crippen molar-refractivity contribution in [1.82, 2.24) is 30.4 Å². The van der Waals surface area contributed by atoms with Crippen LogP contribution in [0.1, 0.15) is 48.6 Å². The van der Waals surface area contributed by atoms with Crippen molar-refractivity contribution in [2.45, 2.75) is 59.2 Å². The predicted molar refractivity (Wildman–Crippen MR) is 154 cm³/mol. The van der Waals surface area contributed by atoms with Gasteiger partial charge in [0.05, 0.1) is 18.6 Å². The number of hydrogen-bond acceptors (Lipinski definition) is 6. The van der Waals surface area contributed by atoms with Crippen LogP contribution in [0.3, 0.4) is 0 Å². The molecule has 0 saturated carbocycles. The highest BCUT2D eigenvalue weighted by atomic mass is 19.1. The molecule has 5 rings (SSSR count). The maximum atomic E-state index is 13.8. The highest BCUT2D eigenvalue weighted by molar-refractivity contribution is 5.91. The molecular formula is C30H40FN7O2. The van der Waals surface area contributed by atoms with Gasteiger partial charge in [-0.2, -0.15) is 5.10 Å². The normalized spacial score (nSPS) is 15.0. The molecule has 2 amide bonds. The van der Waals surface area contributed by atoms with E-state index in [0.717, 1.165) is 65.6 Å². The summed E-state index contributed by atoms with van der Waals surface area (Å²) in [7, 11) is 1.74. The fourth-order valence-electron chi connectivity index (χ4n) is 5.75. The lowest BCUT2D eigenvalue weighted by Crippen LogP contribution is -2.48. The van der Waals surface area contributed by atoms with E-state index in [0.29, 0.717) is 26.2 Å². The highest BCUT2D eigenvalue weighted by Crippen LogP contribution is 2.31. The van der Waals surface area contributed by atoms with Gasteiger partial charge in [0.2, 0.25) is 5.91 Å². The minimum absolute atomic E-state index is 0.0260. The van der Waals surface area contributed by atoms with E-state index in [1.165, 1.54) is 24.2 Å². The van der Waals surface area contributed by atoms with Gasteiger partial charge in [-0.25, -0.2) is 9.40 Å². The van der Waals surface area contributed by atoms with Crippen molar-refractivity contribution in [1.29, 1.82) is 0 Å². The Morgan fingerprint density at radius 3 is 2.70 bits per heavy atom. The molecule has 0 spiro atoms. The molecule has 9 nitrogen and oxygen atoms in total. The molecule has 40 heavy (non-hydrogen) atoms. The van der Waals surface area contributed by atoms with Gasteiger partial charge in [0.25, 0.3) is 5.91 Å². The molecule has 10 heteroatoms. The first-order valence-corrected chi connectivity index (χ1v) is 14.3. The number of amides is 2. The summed E-state index contributed by atoms with van der Waals surface area (Å²) in [6.07, 6.45) is 4.51. The average Bonchev–Trinajstić information content (AvgIpc) is 3.41. The van der Waals surface area contributed by atoms with Gasteiger partial charge in [-0.1, -0.05) is 19.4 Å². The summed E-state index contributed by atoms with van der Waals surface area (Å²) >= 11 is 0. The van der Waals surface area contributed by atoms with Gasteiger partial charge >= 0.3 is 0 Å². The highest BCUT2D eigenvalue weighted by Gasteiger charge is 2.28. The molecule has 0 bridgehead atoms. The van der Waals surface area contributed by atoms with Crippen molar-refractivity contribution < 1.29 is 14.0 Å². The fourth-order valence-corrected chi connectivity index (χ4v) is 5.75. The summed E-state index contributed by atoms with van der Waals surface area (Å²) in [4.78, 5) is 28.4. The molecule has 2 aliphatic heterocycles. The monoisotopic (exact) mass is 549 g/mol. The van der Waals surface area contributed by atoms with Crippen molar-refractivity contribution in [2.75, 3.05) is 44.7 Å². The van der Waals surface area contributed by atoms with Crippen molar-refractivity contribution >= 4 is 28.4 Å². The molecule has 0 unspecified atom stereocenters. The zero-order chi connectivity index (χ0) is 28.2. The molecule has 3 aromatic rings. The van der Waals surface area contributed by atoms with E-state index in [1.807, 2.05) is 29.8 Å². The molecule has 0 saturated heterocycles. The number of anilines is 1. The summed E-state index contributed by atoms with van der Waals surface area (Å²) in [6, 6.07) is 8.94. The first kappa shape index (κ1) is 28.0. The van der Waals surface area contributed by atoms with Crippen LogP contribution in [0, 0.1) is 12.7 Å². The van der Waals surface area contributed by atoms with Crippen LogP contribution in [0.25, 0.3) is 10.9 Å². The van der Waals surface area contributed by atoms with Crippen LogP contribution in [0.2, 0.25) is 0 Å². The molecule has 1 aromatic heterocycles. The van der Waals surface area contributed by atoms with E-state index < -0.39 is 0 Å². The molecule has 3 heterocycles. The van der Waals surface area contributed by atoms with Gasteiger partial charge in [0.15, 0.2) is 0 Å². The lowest BCUT2D eigenvalue weighted by molar-refractivity contribution is -0.145. The van der Waals surface area contributed by atoms with Crippen molar-refractivity contribution in [3.63, 3.8) is 0 Å². The van der Waals surface area contributed by atoms with E-state index >= 15 is 0 Å². The molecule has 2 aliphatic rings. The van der Waals surface area contributed by atoms with E-state index in [-0.39, 0.29) is 30.7 Å². The van der Waals surface area contributed by atoms with Crippen molar-refractivity contribution in [2.24, 2.45) is 0 Å². The third-order valence-electron chi connectivity index (χ3n) is 7.98. The van der Waals surface area contributed by atoms with E-state index in [2.05, 4.69) is 21.4 Å². The predicted octanol–water partition coefficient (Wildman–Crippen LogP) is 3.13. The second kappa shape index (κ2) is 12.3. The first-order valence-electron chi connectivity index (χ1n) is 14.3. The molecule has 0 radical (unpaired) electrons. The van der Waals surface area contributed by atoms with Crippen LogP contribution in [0.5, 0.6) is 0 Å². The summed E-state index contributed by atoms with van der Waals surface area (Å²) in [5.74, 6) is -0.560. The Morgan fingerprint density at radius 1 is 1.05 bits per heavy atom. The Morgan fingerprint density at radius 2 is 1.88 bits per heavy atom. The Hall–Kier alpha value is -3.50. The molecule has 2 N–H and O–H groups in total. The largest absolute Gasteiger partial charge is 0.353 e. The van der Waals surface area contributed by atoms with Gasteiger partial charge in [-0.05, 0) is 73.7 Å². The van der Waals surface area contributed by atoms with Gasteiger partial charge in [-0.3, -0.25) is 19.3 Å². The van der Waals surface area contributed by atoms with Gasteiger partial charge < -0.3 is 15.5 Å². The Balaban J connectivity index is 1.37. The SMILES string of the molecule is CCNCCNC(=O)CN(CC(=O)N(C)N1Cc2ccc(F)cc2C1)c1cc2nn3c(c2cc1C)CCCCC3. The number of aromatic nitrogens is 2. The number of hydrazine groups is 1. The van der Waals surface area contributed by atoms with Crippen molar-refractivity contribution in [3.05, 3.63) is 58.5 Å². The van der Waals surface area contributed by atoms with Gasteiger partial charge in [0.1, 0.15) is 5.82 Å². The number of carbonyl (C=O) groups is 2. The smallest absolute Gasteiger partial charge is 0.256 e. The van der Waals surface area contributed by atoms with Crippen LogP contribution < -0.4 is 15.5 Å². The number of likely N-dealkylation sites (N-methyl/N-ethyl adjacent to an activating group) is 2. The number of fused-ring (bicyclic) bond motifs is 4. The summed E-state index contributed by atoms with van der Waals surface area (Å²) < 4.78 is 15.9. The number of halogens is 1. The number of nitrogens with zero attached hydrogens (tertiary/aromatic N) is 5. The molecule has 0 atom stereocenters. The number of nitrogens with one attached hydrogen (secondary N) is 2. The van der Waals surface area contributed by atoms with E-state index in [9.17, 15) is 14.0 Å². The summed E-state index contributed by atoms with van der Waals surface area (Å²) in [6.45, 7) is 8.09.